The second-order valence-corrected chi connectivity index (χ2v) is 20.5. The molecule has 1 spiro atoms. The van der Waals surface area contributed by atoms with Crippen LogP contribution in [0.4, 0.5) is 0 Å². The summed E-state index contributed by atoms with van der Waals surface area (Å²) < 4.78 is 47.3. The summed E-state index contributed by atoms with van der Waals surface area (Å²) in [6, 6.07) is -0.432. The van der Waals surface area contributed by atoms with E-state index in [1.807, 2.05) is 13.8 Å². The van der Waals surface area contributed by atoms with Gasteiger partial charge in [0.05, 0.1) is 25.7 Å². The second kappa shape index (κ2) is 17.9. The molecule has 0 bridgehead atoms. The Morgan fingerprint density at radius 2 is 1.49 bits per heavy atom. The minimum Gasteiger partial charge on any atom is -0.463 e. The number of esters is 5. The lowest BCUT2D eigenvalue weighted by molar-refractivity contribution is -0.273. The molecule has 0 aromatic heterocycles. The lowest BCUT2D eigenvalue weighted by Gasteiger charge is -2.59. The number of hydrogen-bond acceptors (Lipinski definition) is 15. The molecule has 7 fully saturated rings. The van der Waals surface area contributed by atoms with Crippen molar-refractivity contribution in [2.45, 2.75) is 175 Å². The van der Waals surface area contributed by atoms with E-state index in [1.165, 1.54) is 11.8 Å². The van der Waals surface area contributed by atoms with Gasteiger partial charge in [-0.3, -0.25) is 33.6 Å². The van der Waals surface area contributed by atoms with Crippen LogP contribution in [0, 0.1) is 52.3 Å². The van der Waals surface area contributed by atoms with Crippen molar-refractivity contribution in [1.29, 1.82) is 0 Å². The molecule has 63 heavy (non-hydrogen) atoms. The van der Waals surface area contributed by atoms with Gasteiger partial charge in [-0.1, -0.05) is 27.7 Å². The summed E-state index contributed by atoms with van der Waals surface area (Å²) in [4.78, 5) is 92.1. The first-order valence-corrected chi connectivity index (χ1v) is 23.0. The highest BCUT2D eigenvalue weighted by atomic mass is 16.7. The molecular weight excluding hydrogens is 821 g/mol. The summed E-state index contributed by atoms with van der Waals surface area (Å²) in [5.74, 6) is -3.23. The fourth-order valence-electron chi connectivity index (χ4n) is 13.4. The maximum absolute atomic E-state index is 14.8. The molecule has 17 nitrogen and oxygen atoms in total. The topological polar surface area (TPSA) is 209 Å². The van der Waals surface area contributed by atoms with Crippen LogP contribution in [-0.2, 0) is 71.5 Å². The van der Waals surface area contributed by atoms with Gasteiger partial charge in [0.15, 0.2) is 30.3 Å². The first-order chi connectivity index (χ1) is 29.6. The highest BCUT2D eigenvalue weighted by Gasteiger charge is 2.70. The van der Waals surface area contributed by atoms with E-state index in [4.69, 9.17) is 37.9 Å². The highest BCUT2D eigenvalue weighted by molar-refractivity contribution is 5.85. The van der Waals surface area contributed by atoms with Gasteiger partial charge in [0.25, 0.3) is 0 Å². The fraction of sp³-hybridized carbons (Fsp3) is 0.848. The molecule has 7 rings (SSSR count). The molecule has 7 aliphatic rings. The van der Waals surface area contributed by atoms with Crippen LogP contribution in [0.1, 0.15) is 121 Å². The van der Waals surface area contributed by atoms with Gasteiger partial charge in [-0.25, -0.2) is 0 Å². The maximum Gasteiger partial charge on any atom is 0.306 e. The fourth-order valence-corrected chi connectivity index (χ4v) is 13.4. The number of fused-ring (bicyclic) bond motifs is 6. The number of carbonyl (C=O) groups excluding carboxylic acids is 7. The Morgan fingerprint density at radius 1 is 0.825 bits per heavy atom. The minimum absolute atomic E-state index is 0.00136. The van der Waals surface area contributed by atoms with Crippen molar-refractivity contribution in [2.24, 2.45) is 52.3 Å². The summed E-state index contributed by atoms with van der Waals surface area (Å²) >= 11 is 0. The quantitative estimate of drug-likeness (QED) is 0.230. The van der Waals surface area contributed by atoms with Crippen LogP contribution >= 0.6 is 0 Å². The largest absolute Gasteiger partial charge is 0.463 e. The predicted octanol–water partition coefficient (Wildman–Crippen LogP) is 4.00. The van der Waals surface area contributed by atoms with Gasteiger partial charge in [-0.15, -0.1) is 0 Å². The van der Waals surface area contributed by atoms with Gasteiger partial charge in [0, 0.05) is 58.4 Å². The zero-order valence-electron chi connectivity index (χ0n) is 38.5. The van der Waals surface area contributed by atoms with Crippen molar-refractivity contribution < 1.29 is 71.5 Å². The van der Waals surface area contributed by atoms with Gasteiger partial charge in [-0.2, -0.15) is 0 Å². The van der Waals surface area contributed by atoms with E-state index >= 15 is 0 Å². The van der Waals surface area contributed by atoms with Gasteiger partial charge >= 0.3 is 29.8 Å². The normalized spacial score (nSPS) is 42.5. The molecule has 0 aromatic rings. The van der Waals surface area contributed by atoms with Crippen LogP contribution in [0.15, 0.2) is 0 Å². The monoisotopic (exact) mass is 888 g/mol. The number of hydrogen-bond donors (Lipinski definition) is 1. The lowest BCUT2D eigenvalue weighted by Crippen LogP contribution is -2.66. The average molecular weight is 889 g/mol. The third-order valence-corrected chi connectivity index (χ3v) is 16.1. The standard InChI is InChI=1S/C46H68N2O15/c1-22(2)48(19-36(53)47-43-42(60-28(8)52)41(59-27(7)51)40(58-26(6)50)35(62-43)21-56-25(5)49)37(54)18-45(10)30-12-13-44(9)31(29(30)15-33-32(45)17-38(55)61-33)16-34-39(44)24(4)46(63-34)14-11-23(3)20-57-46/h22-24,29-35,39-43H,11-21H2,1-10H3,(H,47,53)/t23-,24+,29-,30+,31+,32-,33-,34+,35-,39+,40-,41+,42-,43-,44+,45-,46-/m1/s1. The summed E-state index contributed by atoms with van der Waals surface area (Å²) in [5, 5.41) is 2.70. The molecule has 4 aliphatic heterocycles. The second-order valence-electron chi connectivity index (χ2n) is 20.5. The molecule has 17 atom stereocenters. The number of nitrogens with one attached hydrogen (secondary N) is 1. The Balaban J connectivity index is 1.10. The van der Waals surface area contributed by atoms with E-state index in [-0.39, 0.29) is 66.0 Å². The third-order valence-electron chi connectivity index (χ3n) is 16.1. The number of ether oxygens (including phenoxy) is 8. The molecule has 4 saturated heterocycles. The molecule has 17 heteroatoms. The summed E-state index contributed by atoms with van der Waals surface area (Å²) in [7, 11) is 0. The SMILES string of the molecule is CC(=O)OC[C@H]1O[C@@H](NC(=O)CN(C(=O)C[C@@]2(C)[C@@H]3CC(=O)O[C@@H]3C[C@@H]3[C@@H]2CC[C@]2(C)[C@@H]4[C@H](C[C@@H]32)O[C@]2(CC[C@@H](C)CO2)[C@H]4C)C(C)C)[C@H](OC(C)=O)[C@@H](OC(C)=O)[C@@H]1OC(C)=O. The zero-order valence-corrected chi connectivity index (χ0v) is 38.5. The zero-order chi connectivity index (χ0) is 45.9. The molecule has 0 aromatic carbocycles. The highest BCUT2D eigenvalue weighted by Crippen LogP contribution is 2.71. The Hall–Kier alpha value is -3.83. The van der Waals surface area contributed by atoms with Crippen molar-refractivity contribution in [3.63, 3.8) is 0 Å². The lowest BCUT2D eigenvalue weighted by atomic mass is 9.45. The van der Waals surface area contributed by atoms with Crippen molar-refractivity contribution in [1.82, 2.24) is 10.2 Å². The van der Waals surface area contributed by atoms with Gasteiger partial charge in [0.2, 0.25) is 11.8 Å². The Morgan fingerprint density at radius 3 is 2.11 bits per heavy atom. The average Bonchev–Trinajstić information content (AvgIpc) is 3.80. The minimum atomic E-state index is -1.50. The van der Waals surface area contributed by atoms with E-state index in [2.05, 4.69) is 33.0 Å². The van der Waals surface area contributed by atoms with Crippen LogP contribution in [0.2, 0.25) is 0 Å². The first-order valence-electron chi connectivity index (χ1n) is 23.0. The number of rotatable bonds is 11. The molecule has 4 heterocycles. The van der Waals surface area contributed by atoms with E-state index in [1.54, 1.807) is 0 Å². The molecule has 0 radical (unpaired) electrons. The van der Waals surface area contributed by atoms with Crippen molar-refractivity contribution in [3.8, 4) is 0 Å². The van der Waals surface area contributed by atoms with E-state index in [0.29, 0.717) is 24.4 Å². The van der Waals surface area contributed by atoms with E-state index < -0.39 is 90.8 Å². The molecule has 3 aliphatic carbocycles. The number of nitrogens with zero attached hydrogens (tertiary/aromatic N) is 1. The van der Waals surface area contributed by atoms with E-state index in [0.717, 1.165) is 59.3 Å². The molecule has 2 amide bonds. The van der Waals surface area contributed by atoms with Crippen LogP contribution in [0.5, 0.6) is 0 Å². The van der Waals surface area contributed by atoms with Crippen molar-refractivity contribution >= 4 is 41.7 Å². The van der Waals surface area contributed by atoms with Gasteiger partial charge in [0.1, 0.15) is 18.8 Å². The smallest absolute Gasteiger partial charge is 0.306 e. The molecule has 1 N–H and O–H groups in total. The Kier molecular flexibility index (Phi) is 13.4. The summed E-state index contributed by atoms with van der Waals surface area (Å²) in [6.45, 7) is 17.1. The Bertz CT molecular complexity index is 1810. The predicted molar refractivity (Wildman–Crippen MR) is 219 cm³/mol. The maximum atomic E-state index is 14.8. The molecule has 352 valence electrons. The summed E-state index contributed by atoms with van der Waals surface area (Å²) in [6.07, 6.45) is -1.52. The van der Waals surface area contributed by atoms with Crippen LogP contribution in [0.3, 0.4) is 0 Å². The molecule has 0 unspecified atom stereocenters. The van der Waals surface area contributed by atoms with Crippen molar-refractivity contribution in [3.05, 3.63) is 0 Å². The summed E-state index contributed by atoms with van der Waals surface area (Å²) in [5.41, 5.74) is -0.617. The Labute approximate surface area is 369 Å². The van der Waals surface area contributed by atoms with Crippen LogP contribution in [-0.4, -0.2) is 121 Å². The number of amides is 2. The molecule has 3 saturated carbocycles. The van der Waals surface area contributed by atoms with Crippen LogP contribution in [0.25, 0.3) is 0 Å². The first kappa shape index (κ1) is 47.1. The third kappa shape index (κ3) is 8.95. The van der Waals surface area contributed by atoms with Gasteiger partial charge in [-0.05, 0) is 86.4 Å². The van der Waals surface area contributed by atoms with E-state index in [9.17, 15) is 33.6 Å². The van der Waals surface area contributed by atoms with Gasteiger partial charge < -0.3 is 48.1 Å². The van der Waals surface area contributed by atoms with Crippen molar-refractivity contribution in [2.75, 3.05) is 19.8 Å². The molecular formula is C46H68N2O15. The van der Waals surface area contributed by atoms with Crippen LogP contribution < -0.4 is 5.32 Å². The number of carbonyl (C=O) groups is 7.